The third-order valence-electron chi connectivity index (χ3n) is 5.78. The molecular weight excluding hydrogens is 416 g/mol. The minimum Gasteiger partial charge on any atom is -0.367 e. The number of benzene rings is 2. The number of fused-ring (bicyclic) bond motifs is 1. The standard InChI is InChI=1S/C22H21ClN6O2/c23-16-8-4-5-9-18(16)27-10-12-28(13-11-27)22(31)19-20-21(30)24-17(14-29(20)26-25-19)15-6-2-1-3-7-15/h1-9,17H,10-14H2,(H,24,30)/t17-/m1/s1. The minimum atomic E-state index is -0.330. The second kappa shape index (κ2) is 8.03. The zero-order chi connectivity index (χ0) is 21.4. The Kier molecular flexibility index (Phi) is 5.07. The van der Waals surface area contributed by atoms with Crippen LogP contribution in [0.1, 0.15) is 32.6 Å². The normalized spacial score (nSPS) is 18.5. The van der Waals surface area contributed by atoms with Gasteiger partial charge in [-0.3, -0.25) is 9.59 Å². The van der Waals surface area contributed by atoms with Crippen molar-refractivity contribution in [3.63, 3.8) is 0 Å². The van der Waals surface area contributed by atoms with Crippen LogP contribution in [0.4, 0.5) is 5.69 Å². The Labute approximate surface area is 184 Å². The van der Waals surface area contributed by atoms with Gasteiger partial charge in [-0.05, 0) is 17.7 Å². The zero-order valence-electron chi connectivity index (χ0n) is 16.7. The predicted molar refractivity (Wildman–Crippen MR) is 116 cm³/mol. The van der Waals surface area contributed by atoms with Crippen LogP contribution in [0.5, 0.6) is 0 Å². The molecule has 2 aliphatic rings. The quantitative estimate of drug-likeness (QED) is 0.681. The van der Waals surface area contributed by atoms with E-state index in [2.05, 4.69) is 20.5 Å². The molecule has 2 amide bonds. The second-order valence-electron chi connectivity index (χ2n) is 7.64. The number of halogens is 1. The molecule has 3 heterocycles. The Balaban J connectivity index is 1.30. The number of rotatable bonds is 3. The average Bonchev–Trinajstić information content (AvgIpc) is 3.24. The van der Waals surface area contributed by atoms with E-state index in [-0.39, 0.29) is 29.2 Å². The summed E-state index contributed by atoms with van der Waals surface area (Å²) in [7, 11) is 0. The predicted octanol–water partition coefficient (Wildman–Crippen LogP) is 2.38. The van der Waals surface area contributed by atoms with Gasteiger partial charge >= 0.3 is 0 Å². The summed E-state index contributed by atoms with van der Waals surface area (Å²) in [5, 5.41) is 11.8. The van der Waals surface area contributed by atoms with Gasteiger partial charge in [-0.25, -0.2) is 4.68 Å². The van der Waals surface area contributed by atoms with Crippen molar-refractivity contribution >= 4 is 29.1 Å². The number of nitrogens with one attached hydrogen (secondary N) is 1. The lowest BCUT2D eigenvalue weighted by atomic mass is 10.0. The maximum atomic E-state index is 13.1. The van der Waals surface area contributed by atoms with E-state index in [0.29, 0.717) is 37.7 Å². The highest BCUT2D eigenvalue weighted by Gasteiger charge is 2.35. The molecule has 5 rings (SSSR count). The van der Waals surface area contributed by atoms with E-state index >= 15 is 0 Å². The fourth-order valence-corrected chi connectivity index (χ4v) is 4.39. The second-order valence-corrected chi connectivity index (χ2v) is 8.04. The number of hydrogen-bond donors (Lipinski definition) is 1. The van der Waals surface area contributed by atoms with Crippen molar-refractivity contribution in [1.82, 2.24) is 25.2 Å². The van der Waals surface area contributed by atoms with Crippen molar-refractivity contribution in [2.24, 2.45) is 0 Å². The lowest BCUT2D eigenvalue weighted by Gasteiger charge is -2.36. The van der Waals surface area contributed by atoms with Crippen LogP contribution in [0.25, 0.3) is 0 Å². The van der Waals surface area contributed by atoms with Gasteiger partial charge in [0.1, 0.15) is 0 Å². The molecule has 9 heteroatoms. The number of nitrogens with zero attached hydrogens (tertiary/aromatic N) is 5. The Hall–Kier alpha value is -3.39. The summed E-state index contributed by atoms with van der Waals surface area (Å²) < 4.78 is 1.53. The molecule has 0 radical (unpaired) electrons. The van der Waals surface area contributed by atoms with E-state index in [1.165, 1.54) is 4.68 Å². The molecule has 3 aromatic rings. The van der Waals surface area contributed by atoms with Crippen molar-refractivity contribution in [3.05, 3.63) is 76.6 Å². The Morgan fingerprint density at radius 3 is 2.45 bits per heavy atom. The number of hydrogen-bond acceptors (Lipinski definition) is 5. The Bertz CT molecular complexity index is 1120. The summed E-state index contributed by atoms with van der Waals surface area (Å²) in [4.78, 5) is 29.8. The molecule has 0 bridgehead atoms. The molecule has 1 aromatic heterocycles. The highest BCUT2D eigenvalue weighted by atomic mass is 35.5. The molecule has 31 heavy (non-hydrogen) atoms. The maximum absolute atomic E-state index is 13.1. The van der Waals surface area contributed by atoms with Crippen LogP contribution in [-0.4, -0.2) is 57.9 Å². The summed E-state index contributed by atoms with van der Waals surface area (Å²) in [6.07, 6.45) is 0. The van der Waals surface area contributed by atoms with E-state index < -0.39 is 0 Å². The number of carbonyl (C=O) groups excluding carboxylic acids is 2. The maximum Gasteiger partial charge on any atom is 0.277 e. The molecular formula is C22H21ClN6O2. The van der Waals surface area contributed by atoms with Crippen molar-refractivity contribution in [2.45, 2.75) is 12.6 Å². The molecule has 1 saturated heterocycles. The van der Waals surface area contributed by atoms with Crippen LogP contribution in [-0.2, 0) is 6.54 Å². The van der Waals surface area contributed by atoms with Gasteiger partial charge in [0, 0.05) is 26.2 Å². The van der Waals surface area contributed by atoms with Crippen molar-refractivity contribution in [3.8, 4) is 0 Å². The van der Waals surface area contributed by atoms with Crippen LogP contribution < -0.4 is 10.2 Å². The van der Waals surface area contributed by atoms with Crippen molar-refractivity contribution in [2.75, 3.05) is 31.1 Å². The third-order valence-corrected chi connectivity index (χ3v) is 6.10. The molecule has 0 spiro atoms. The van der Waals surface area contributed by atoms with Gasteiger partial charge < -0.3 is 15.1 Å². The fraction of sp³-hybridized carbons (Fsp3) is 0.273. The van der Waals surface area contributed by atoms with E-state index in [1.54, 1.807) is 4.90 Å². The molecule has 2 aliphatic heterocycles. The van der Waals surface area contributed by atoms with E-state index in [9.17, 15) is 9.59 Å². The summed E-state index contributed by atoms with van der Waals surface area (Å²) in [5.74, 6) is -0.600. The van der Waals surface area contributed by atoms with E-state index in [4.69, 9.17) is 11.6 Å². The summed E-state index contributed by atoms with van der Waals surface area (Å²) in [5.41, 5.74) is 2.28. The van der Waals surface area contributed by atoms with Crippen LogP contribution >= 0.6 is 11.6 Å². The number of carbonyl (C=O) groups is 2. The van der Waals surface area contributed by atoms with Gasteiger partial charge in [0.05, 0.1) is 23.3 Å². The van der Waals surface area contributed by atoms with Crippen molar-refractivity contribution < 1.29 is 9.59 Å². The molecule has 2 aromatic carbocycles. The van der Waals surface area contributed by atoms with Crippen molar-refractivity contribution in [1.29, 1.82) is 0 Å². The number of aromatic nitrogens is 3. The van der Waals surface area contributed by atoms with Gasteiger partial charge in [-0.2, -0.15) is 0 Å². The largest absolute Gasteiger partial charge is 0.367 e. The molecule has 0 saturated carbocycles. The molecule has 8 nitrogen and oxygen atoms in total. The summed E-state index contributed by atoms with van der Waals surface area (Å²) in [6.45, 7) is 2.78. The average molecular weight is 437 g/mol. The zero-order valence-corrected chi connectivity index (χ0v) is 17.5. The van der Waals surface area contributed by atoms with Crippen LogP contribution in [0.3, 0.4) is 0 Å². The van der Waals surface area contributed by atoms with Gasteiger partial charge in [0.25, 0.3) is 11.8 Å². The summed E-state index contributed by atoms with van der Waals surface area (Å²) >= 11 is 6.30. The van der Waals surface area contributed by atoms with Gasteiger partial charge in [-0.1, -0.05) is 59.3 Å². The number of anilines is 1. The van der Waals surface area contributed by atoms with Crippen LogP contribution in [0.15, 0.2) is 54.6 Å². The molecule has 1 fully saturated rings. The van der Waals surface area contributed by atoms with Gasteiger partial charge in [0.2, 0.25) is 0 Å². The highest BCUT2D eigenvalue weighted by molar-refractivity contribution is 6.33. The Morgan fingerprint density at radius 1 is 1.00 bits per heavy atom. The fourth-order valence-electron chi connectivity index (χ4n) is 4.14. The van der Waals surface area contributed by atoms with E-state index in [1.807, 2.05) is 54.6 Å². The summed E-state index contributed by atoms with van der Waals surface area (Å²) in [6, 6.07) is 17.2. The molecule has 1 N–H and O–H groups in total. The first-order valence-electron chi connectivity index (χ1n) is 10.2. The van der Waals surface area contributed by atoms with Gasteiger partial charge in [-0.15, -0.1) is 5.10 Å². The van der Waals surface area contributed by atoms with Crippen LogP contribution in [0.2, 0.25) is 5.02 Å². The van der Waals surface area contributed by atoms with Gasteiger partial charge in [0.15, 0.2) is 11.4 Å². The third kappa shape index (κ3) is 3.63. The monoisotopic (exact) mass is 436 g/mol. The number of para-hydroxylation sites is 1. The first-order chi connectivity index (χ1) is 15.1. The lowest BCUT2D eigenvalue weighted by molar-refractivity contribution is 0.0731. The number of amides is 2. The minimum absolute atomic E-state index is 0.107. The SMILES string of the molecule is O=C1N[C@@H](c2ccccc2)Cn2nnc(C(=O)N3CCN(c4ccccc4Cl)CC3)c21. The highest BCUT2D eigenvalue weighted by Crippen LogP contribution is 2.27. The lowest BCUT2D eigenvalue weighted by Crippen LogP contribution is -2.49. The molecule has 0 aliphatic carbocycles. The smallest absolute Gasteiger partial charge is 0.277 e. The Morgan fingerprint density at radius 2 is 1.71 bits per heavy atom. The molecule has 1 atom stereocenters. The first kappa shape index (κ1) is 19.6. The molecule has 158 valence electrons. The first-order valence-corrected chi connectivity index (χ1v) is 10.6. The molecule has 0 unspecified atom stereocenters. The van der Waals surface area contributed by atoms with E-state index in [0.717, 1.165) is 11.3 Å². The van der Waals surface area contributed by atoms with Crippen LogP contribution in [0, 0.1) is 0 Å². The topological polar surface area (TPSA) is 83.4 Å². The number of piperazine rings is 1.